The van der Waals surface area contributed by atoms with Crippen molar-refractivity contribution < 1.29 is 14.9 Å². The summed E-state index contributed by atoms with van der Waals surface area (Å²) >= 11 is 3.05. The molecule has 0 unspecified atom stereocenters. The number of pyridine rings is 1. The number of halogens is 1. The molecule has 5 nitrogen and oxygen atoms in total. The quantitative estimate of drug-likeness (QED) is 0.373. The van der Waals surface area contributed by atoms with E-state index >= 15 is 0 Å². The third-order valence-corrected chi connectivity index (χ3v) is 2.63. The van der Waals surface area contributed by atoms with Gasteiger partial charge in [0.15, 0.2) is 4.47 Å². The van der Waals surface area contributed by atoms with Crippen molar-refractivity contribution in [1.29, 1.82) is 0 Å². The molecule has 2 rings (SSSR count). The van der Waals surface area contributed by atoms with Crippen LogP contribution in [0.4, 0.5) is 5.69 Å². The van der Waals surface area contributed by atoms with Crippen molar-refractivity contribution in [3.8, 4) is 0 Å². The second-order valence-electron chi connectivity index (χ2n) is 2.94. The fourth-order valence-corrected chi connectivity index (χ4v) is 1.98. The highest BCUT2D eigenvalue weighted by Crippen LogP contribution is 2.30. The second-order valence-corrected chi connectivity index (χ2v) is 3.80. The van der Waals surface area contributed by atoms with E-state index in [9.17, 15) is 15.3 Å². The summed E-state index contributed by atoms with van der Waals surface area (Å²) in [6.07, 6.45) is 1.25. The van der Waals surface area contributed by atoms with E-state index in [2.05, 4.69) is 15.9 Å². The molecule has 0 saturated carbocycles. The summed E-state index contributed by atoms with van der Waals surface area (Å²) in [5.41, 5.74) is 0.350. The number of hydrogen-bond acceptors (Lipinski definition) is 3. The minimum Gasteiger partial charge on any atom is -0.284 e. The highest BCUT2D eigenvalue weighted by atomic mass is 79.9. The van der Waals surface area contributed by atoms with Crippen molar-refractivity contribution in [3.63, 3.8) is 0 Å². The summed E-state index contributed by atoms with van der Waals surface area (Å²) < 4.78 is 1.10. The van der Waals surface area contributed by atoms with Gasteiger partial charge in [0.25, 0.3) is 5.52 Å². The Labute approximate surface area is 92.8 Å². The Morgan fingerprint density at radius 3 is 2.73 bits per heavy atom. The highest BCUT2D eigenvalue weighted by molar-refractivity contribution is 9.10. The highest BCUT2D eigenvalue weighted by Gasteiger charge is 2.24. The Hall–Kier alpha value is -1.69. The van der Waals surface area contributed by atoms with Gasteiger partial charge in [0.05, 0.1) is 4.92 Å². The van der Waals surface area contributed by atoms with Crippen molar-refractivity contribution >= 4 is 32.5 Å². The average molecular weight is 270 g/mol. The molecule has 1 N–H and O–H groups in total. The Balaban J connectivity index is 2.96. The monoisotopic (exact) mass is 269 g/mol. The van der Waals surface area contributed by atoms with Crippen LogP contribution < -0.4 is 4.73 Å². The Morgan fingerprint density at radius 2 is 2.07 bits per heavy atom. The fourth-order valence-electron chi connectivity index (χ4n) is 1.43. The Bertz CT molecular complexity index is 556. The van der Waals surface area contributed by atoms with Gasteiger partial charge in [-0.2, -0.15) is 0 Å². The molecule has 2 aromatic rings. The SMILES string of the molecule is O=[N+]([O-])c1c(Br)c[n+](O)c2ccccc12. The first-order chi connectivity index (χ1) is 7.11. The van der Waals surface area contributed by atoms with Gasteiger partial charge in [0, 0.05) is 10.8 Å². The lowest BCUT2D eigenvalue weighted by Gasteiger charge is -1.97. The van der Waals surface area contributed by atoms with Gasteiger partial charge in [0.2, 0.25) is 6.20 Å². The molecule has 15 heavy (non-hydrogen) atoms. The van der Waals surface area contributed by atoms with Gasteiger partial charge in [-0.25, -0.2) is 0 Å². The summed E-state index contributed by atoms with van der Waals surface area (Å²) in [5.74, 6) is 0. The van der Waals surface area contributed by atoms with E-state index in [1.54, 1.807) is 24.3 Å². The summed E-state index contributed by atoms with van der Waals surface area (Å²) in [6, 6.07) is 6.58. The predicted octanol–water partition coefficient (Wildman–Crippen LogP) is 2.04. The largest absolute Gasteiger partial charge is 0.303 e. The number of nitrogens with zero attached hydrogens (tertiary/aromatic N) is 2. The molecule has 0 spiro atoms. The third-order valence-electron chi connectivity index (χ3n) is 2.05. The van der Waals surface area contributed by atoms with Gasteiger partial charge in [0.1, 0.15) is 5.39 Å². The van der Waals surface area contributed by atoms with Crippen LogP contribution in [0.25, 0.3) is 10.9 Å². The Morgan fingerprint density at radius 1 is 1.40 bits per heavy atom. The van der Waals surface area contributed by atoms with E-state index in [-0.39, 0.29) is 10.2 Å². The predicted molar refractivity (Wildman–Crippen MR) is 55.7 cm³/mol. The maximum absolute atomic E-state index is 10.8. The molecule has 0 bridgehead atoms. The topological polar surface area (TPSA) is 67.2 Å². The molecule has 1 aromatic carbocycles. The van der Waals surface area contributed by atoms with Gasteiger partial charge in [-0.15, -0.1) is 0 Å². The molecule has 0 amide bonds. The van der Waals surface area contributed by atoms with Crippen LogP contribution in [0, 0.1) is 10.1 Å². The molecule has 0 aliphatic heterocycles. The molecule has 0 radical (unpaired) electrons. The second kappa shape index (κ2) is 3.47. The molecule has 0 atom stereocenters. The van der Waals surface area contributed by atoms with E-state index in [1.807, 2.05) is 0 Å². The minimum atomic E-state index is -0.480. The van der Waals surface area contributed by atoms with Crippen molar-refractivity contribution in [2.75, 3.05) is 0 Å². The van der Waals surface area contributed by atoms with Crippen molar-refractivity contribution in [2.24, 2.45) is 0 Å². The molecule has 0 aliphatic carbocycles. The van der Waals surface area contributed by atoms with Gasteiger partial charge in [-0.3, -0.25) is 15.3 Å². The van der Waals surface area contributed by atoms with Crippen LogP contribution in [-0.4, -0.2) is 10.1 Å². The lowest BCUT2D eigenvalue weighted by Crippen LogP contribution is -2.30. The number of aromatic nitrogens is 1. The van der Waals surface area contributed by atoms with Crippen LogP contribution in [0.15, 0.2) is 34.9 Å². The van der Waals surface area contributed by atoms with Crippen LogP contribution in [-0.2, 0) is 0 Å². The summed E-state index contributed by atoms with van der Waals surface area (Å²) in [4.78, 5) is 10.4. The molecule has 0 saturated heterocycles. The van der Waals surface area contributed by atoms with E-state index in [0.717, 1.165) is 4.73 Å². The normalized spacial score (nSPS) is 10.5. The number of nitro groups is 1. The van der Waals surface area contributed by atoms with Crippen molar-refractivity contribution in [3.05, 3.63) is 45.0 Å². The smallest absolute Gasteiger partial charge is 0.284 e. The average Bonchev–Trinajstić information content (AvgIpc) is 2.17. The van der Waals surface area contributed by atoms with Crippen molar-refractivity contribution in [1.82, 2.24) is 0 Å². The van der Waals surface area contributed by atoms with Crippen molar-refractivity contribution in [2.45, 2.75) is 0 Å². The first-order valence-electron chi connectivity index (χ1n) is 4.08. The molecule has 1 heterocycles. The minimum absolute atomic E-state index is 0.0455. The van der Waals surface area contributed by atoms with E-state index < -0.39 is 4.92 Å². The Kier molecular flexibility index (Phi) is 2.28. The van der Waals surface area contributed by atoms with Gasteiger partial charge >= 0.3 is 5.69 Å². The summed E-state index contributed by atoms with van der Waals surface area (Å²) in [5, 5.41) is 20.7. The number of benzene rings is 1. The molecule has 6 heteroatoms. The zero-order chi connectivity index (χ0) is 11.0. The zero-order valence-electron chi connectivity index (χ0n) is 7.42. The van der Waals surface area contributed by atoms with Gasteiger partial charge in [-0.1, -0.05) is 12.1 Å². The molecule has 1 aromatic heterocycles. The standard InChI is InChI=1S/C9H6BrN2O3/c10-7-5-11(13)8-4-2-1-3-6(8)9(7)12(14)15/h1-5,13H/q+1. The van der Waals surface area contributed by atoms with Gasteiger partial charge < -0.3 is 0 Å². The third kappa shape index (κ3) is 1.52. The first kappa shape index (κ1) is 9.85. The van der Waals surface area contributed by atoms with Crippen LogP contribution in [0.3, 0.4) is 0 Å². The summed E-state index contributed by atoms with van der Waals surface area (Å²) in [7, 11) is 0. The van der Waals surface area contributed by atoms with E-state index in [0.29, 0.717) is 10.9 Å². The molecule has 0 aliphatic rings. The number of hydrogen-bond donors (Lipinski definition) is 1. The lowest BCUT2D eigenvalue weighted by molar-refractivity contribution is -0.885. The van der Waals surface area contributed by atoms with Crippen LogP contribution >= 0.6 is 15.9 Å². The molecule has 0 fully saturated rings. The van der Waals surface area contributed by atoms with E-state index in [1.165, 1.54) is 6.20 Å². The zero-order valence-corrected chi connectivity index (χ0v) is 9.01. The first-order valence-corrected chi connectivity index (χ1v) is 4.87. The molecular formula is C9H6BrN2O3+. The fraction of sp³-hybridized carbons (Fsp3) is 0. The van der Waals surface area contributed by atoms with Crippen LogP contribution in [0.1, 0.15) is 0 Å². The van der Waals surface area contributed by atoms with Gasteiger partial charge in [-0.05, 0) is 22.0 Å². The van der Waals surface area contributed by atoms with E-state index in [4.69, 9.17) is 0 Å². The van der Waals surface area contributed by atoms with Crippen LogP contribution in [0.5, 0.6) is 0 Å². The molecular weight excluding hydrogens is 264 g/mol. The lowest BCUT2D eigenvalue weighted by atomic mass is 10.2. The van der Waals surface area contributed by atoms with Crippen LogP contribution in [0.2, 0.25) is 0 Å². The number of para-hydroxylation sites is 1. The maximum atomic E-state index is 10.8. The summed E-state index contributed by atoms with van der Waals surface area (Å²) in [6.45, 7) is 0. The number of fused-ring (bicyclic) bond motifs is 1. The maximum Gasteiger partial charge on any atom is 0.303 e. The number of rotatable bonds is 1. The molecule has 76 valence electrons.